The Morgan fingerprint density at radius 2 is 1.72 bits per heavy atom. The molecule has 7 heteroatoms. The Hall–Kier alpha value is -2.22. The molecule has 0 spiro atoms. The third-order valence-electron chi connectivity index (χ3n) is 6.32. The summed E-state index contributed by atoms with van der Waals surface area (Å²) in [6.45, 7) is 18.9. The van der Waals surface area contributed by atoms with Gasteiger partial charge in [-0.15, -0.1) is 0 Å². The van der Waals surface area contributed by atoms with Crippen LogP contribution in [0.1, 0.15) is 65.5 Å². The van der Waals surface area contributed by atoms with E-state index in [1.54, 1.807) is 28.9 Å². The van der Waals surface area contributed by atoms with E-state index in [1.807, 2.05) is 0 Å². The molecule has 0 amide bonds. The summed E-state index contributed by atoms with van der Waals surface area (Å²) in [4.78, 5) is 0. The molecule has 2 aromatic carbocycles. The topological polar surface area (TPSA) is 55.4 Å². The number of nitrogens with one attached hydrogen (secondary N) is 1. The summed E-state index contributed by atoms with van der Waals surface area (Å²) >= 11 is 0. The van der Waals surface area contributed by atoms with Gasteiger partial charge in [0, 0.05) is 36.0 Å². The molecule has 1 heterocycles. The van der Waals surface area contributed by atoms with Crippen LogP contribution < -0.4 is 20.1 Å². The first-order valence-electron chi connectivity index (χ1n) is 13.8. The van der Waals surface area contributed by atoms with Crippen molar-refractivity contribution in [1.82, 2.24) is 9.88 Å². The van der Waals surface area contributed by atoms with Crippen molar-refractivity contribution in [3.8, 4) is 17.0 Å². The Bertz CT molecular complexity index is 1150. The number of hydrogen-bond acceptors (Lipinski definition) is 6. The van der Waals surface area contributed by atoms with Crippen LogP contribution in [0.15, 0.2) is 49.2 Å². The van der Waals surface area contributed by atoms with Crippen molar-refractivity contribution in [2.24, 2.45) is 12.8 Å². The van der Waals surface area contributed by atoms with Crippen molar-refractivity contribution in [3.05, 3.63) is 60.3 Å². The minimum absolute atomic E-state index is 0.0415. The fourth-order valence-corrected chi connectivity index (χ4v) is 5.71. The summed E-state index contributed by atoms with van der Waals surface area (Å²) in [5.74, 6) is 0.922. The minimum atomic E-state index is 0.0415. The molecule has 218 valence electrons. The van der Waals surface area contributed by atoms with Crippen LogP contribution in [0.4, 0.5) is 5.69 Å². The first-order chi connectivity index (χ1) is 18.6. The Morgan fingerprint density at radius 1 is 1.10 bits per heavy atom. The molecule has 0 unspecified atom stereocenters. The van der Waals surface area contributed by atoms with E-state index in [-0.39, 0.29) is 5.41 Å². The molecule has 0 bridgehead atoms. The third-order valence-corrected chi connectivity index (χ3v) is 8.00. The number of rotatable bonds is 10. The van der Waals surface area contributed by atoms with E-state index in [4.69, 9.17) is 4.74 Å². The first-order valence-corrected chi connectivity index (χ1v) is 16.3. The van der Waals surface area contributed by atoms with Gasteiger partial charge in [-0.1, -0.05) is 77.1 Å². The SMILES string of the molecule is C=CN.CCCNCCC.CCc1cccc2cc(-c3cc(C(C)(C)C)cc(N(C)SSC)c3OC)n(C)c12. The number of aromatic nitrogens is 1. The van der Waals surface area contributed by atoms with Gasteiger partial charge in [-0.3, -0.25) is 0 Å². The van der Waals surface area contributed by atoms with Gasteiger partial charge in [0.15, 0.2) is 5.75 Å². The Morgan fingerprint density at radius 3 is 2.21 bits per heavy atom. The quantitative estimate of drug-likeness (QED) is 0.144. The second kappa shape index (κ2) is 17.5. The van der Waals surface area contributed by atoms with Crippen molar-refractivity contribution in [3.63, 3.8) is 0 Å². The summed E-state index contributed by atoms with van der Waals surface area (Å²) in [5, 5.41) is 4.56. The fraction of sp³-hybridized carbons (Fsp3) is 0.500. The lowest BCUT2D eigenvalue weighted by molar-refractivity contribution is 0.417. The second-order valence-electron chi connectivity index (χ2n) is 10.3. The van der Waals surface area contributed by atoms with E-state index in [0.29, 0.717) is 0 Å². The van der Waals surface area contributed by atoms with Crippen molar-refractivity contribution in [2.75, 3.05) is 37.8 Å². The molecular weight excluding hydrogens is 521 g/mol. The third kappa shape index (κ3) is 9.73. The molecule has 0 aliphatic carbocycles. The molecule has 3 rings (SSSR count). The zero-order chi connectivity index (χ0) is 29.6. The molecule has 0 radical (unpaired) electrons. The van der Waals surface area contributed by atoms with E-state index in [2.05, 4.69) is 125 Å². The van der Waals surface area contributed by atoms with Crippen molar-refractivity contribution in [2.45, 2.75) is 66.2 Å². The molecule has 3 aromatic rings. The number of nitrogens with zero attached hydrogens (tertiary/aromatic N) is 2. The minimum Gasteiger partial charge on any atom is -0.494 e. The average molecular weight is 573 g/mol. The van der Waals surface area contributed by atoms with Gasteiger partial charge >= 0.3 is 0 Å². The standard InChI is InChI=1S/C24H32N2OS2.C6H15N.C2H5N/c1-9-16-11-10-12-17-13-20(25(5)22(16)17)19-14-18(24(2,3)4)15-21(23(19)27-7)26(6)29-28-8;1-3-5-7-6-4-2;1-2-3/h10-15H,9H2,1-8H3;7H,3-6H2,1-2H3;2H,1,3H2. The number of nitrogens with two attached hydrogens (primary N) is 1. The molecule has 1 aromatic heterocycles. The van der Waals surface area contributed by atoms with Gasteiger partial charge in [0.1, 0.15) is 0 Å². The highest BCUT2D eigenvalue weighted by Gasteiger charge is 2.24. The van der Waals surface area contributed by atoms with Crippen molar-refractivity contribution in [1.29, 1.82) is 0 Å². The lowest BCUT2D eigenvalue weighted by atomic mass is 9.85. The molecule has 0 saturated carbocycles. The Kier molecular flexibility index (Phi) is 15.6. The van der Waals surface area contributed by atoms with Gasteiger partial charge in [-0.2, -0.15) is 0 Å². The predicted molar refractivity (Wildman–Crippen MR) is 180 cm³/mol. The summed E-state index contributed by atoms with van der Waals surface area (Å²) in [6.07, 6.45) is 6.87. The smallest absolute Gasteiger partial charge is 0.152 e. The van der Waals surface area contributed by atoms with E-state index >= 15 is 0 Å². The van der Waals surface area contributed by atoms with Crippen molar-refractivity contribution < 1.29 is 4.74 Å². The lowest BCUT2D eigenvalue weighted by Gasteiger charge is -2.27. The van der Waals surface area contributed by atoms with Gasteiger partial charge in [-0.25, -0.2) is 0 Å². The van der Waals surface area contributed by atoms with Gasteiger partial charge in [-0.05, 0) is 79.5 Å². The summed E-state index contributed by atoms with van der Waals surface area (Å²) in [7, 11) is 9.49. The van der Waals surface area contributed by atoms with Crippen LogP contribution in [0.2, 0.25) is 0 Å². The average Bonchev–Trinajstić information content (AvgIpc) is 3.25. The van der Waals surface area contributed by atoms with E-state index < -0.39 is 0 Å². The number of aryl methyl sites for hydroxylation is 2. The molecule has 0 fully saturated rings. The molecule has 0 atom stereocenters. The predicted octanol–water partition coefficient (Wildman–Crippen LogP) is 8.56. The van der Waals surface area contributed by atoms with Crippen LogP contribution >= 0.6 is 21.8 Å². The van der Waals surface area contributed by atoms with Crippen LogP contribution in [0, 0.1) is 0 Å². The highest BCUT2D eigenvalue weighted by Crippen LogP contribution is 2.45. The van der Waals surface area contributed by atoms with Crippen LogP contribution in [0.25, 0.3) is 22.2 Å². The number of methoxy groups -OCH3 is 1. The number of para-hydroxylation sites is 1. The lowest BCUT2D eigenvalue weighted by Crippen LogP contribution is -2.15. The zero-order valence-electron chi connectivity index (χ0n) is 26.0. The second-order valence-corrected chi connectivity index (χ2v) is 12.8. The Balaban J connectivity index is 0.000000652. The van der Waals surface area contributed by atoms with E-state index in [0.717, 1.165) is 23.4 Å². The van der Waals surface area contributed by atoms with Gasteiger partial charge in [0.2, 0.25) is 0 Å². The molecule has 0 aliphatic rings. The van der Waals surface area contributed by atoms with Gasteiger partial charge in [0.25, 0.3) is 0 Å². The van der Waals surface area contributed by atoms with Gasteiger partial charge < -0.3 is 24.7 Å². The monoisotopic (exact) mass is 572 g/mol. The molecular formula is C32H52N4OS2. The number of ether oxygens (including phenoxy) is 1. The fourth-order valence-electron chi connectivity index (χ4n) is 4.36. The molecule has 0 aliphatic heterocycles. The zero-order valence-corrected chi connectivity index (χ0v) is 27.6. The number of hydrogen-bond donors (Lipinski definition) is 2. The van der Waals surface area contributed by atoms with E-state index in [9.17, 15) is 0 Å². The highest BCUT2D eigenvalue weighted by atomic mass is 33.1. The van der Waals surface area contributed by atoms with Crippen LogP contribution in [-0.4, -0.2) is 38.1 Å². The Labute approximate surface area is 246 Å². The van der Waals surface area contributed by atoms with Crippen LogP contribution in [-0.2, 0) is 18.9 Å². The molecule has 5 nitrogen and oxygen atoms in total. The maximum atomic E-state index is 6.00. The van der Waals surface area contributed by atoms with E-state index in [1.165, 1.54) is 59.9 Å². The summed E-state index contributed by atoms with van der Waals surface area (Å²) in [6, 6.07) is 13.5. The highest BCUT2D eigenvalue weighted by molar-refractivity contribution is 8.76. The molecule has 39 heavy (non-hydrogen) atoms. The van der Waals surface area contributed by atoms with Crippen LogP contribution in [0.5, 0.6) is 5.75 Å². The first kappa shape index (κ1) is 34.8. The van der Waals surface area contributed by atoms with Crippen molar-refractivity contribution >= 4 is 38.4 Å². The maximum Gasteiger partial charge on any atom is 0.152 e. The summed E-state index contributed by atoms with van der Waals surface area (Å²) in [5.41, 5.74) is 12.1. The van der Waals surface area contributed by atoms with Crippen LogP contribution in [0.3, 0.4) is 0 Å². The normalized spacial score (nSPS) is 10.8. The molecule has 0 saturated heterocycles. The number of anilines is 1. The number of fused-ring (bicyclic) bond motifs is 1. The number of benzene rings is 2. The summed E-state index contributed by atoms with van der Waals surface area (Å²) < 4.78 is 10.5. The maximum absolute atomic E-state index is 6.00. The molecule has 3 N–H and O–H groups in total. The van der Waals surface area contributed by atoms with Gasteiger partial charge in [0.05, 0.1) is 24.0 Å². The largest absolute Gasteiger partial charge is 0.494 e.